The molecule has 0 saturated heterocycles. The third-order valence-corrected chi connectivity index (χ3v) is 8.42. The molecule has 0 aliphatic rings. The second-order valence-electron chi connectivity index (χ2n) is 7.42. The van der Waals surface area contributed by atoms with Gasteiger partial charge in [0.25, 0.3) is 0 Å². The predicted octanol–water partition coefficient (Wildman–Crippen LogP) is 0.501. The summed E-state index contributed by atoms with van der Waals surface area (Å²) < 4.78 is 3.11. The molecule has 0 aliphatic carbocycles. The summed E-state index contributed by atoms with van der Waals surface area (Å²) in [6, 6.07) is 11.1. The van der Waals surface area contributed by atoms with Crippen LogP contribution in [0.1, 0.15) is 30.6 Å². The van der Waals surface area contributed by atoms with Gasteiger partial charge in [-0.05, 0) is 6.07 Å². The number of aromatic nitrogens is 3. The Balaban J connectivity index is 1.61. The van der Waals surface area contributed by atoms with Gasteiger partial charge in [0.2, 0.25) is 5.91 Å². The summed E-state index contributed by atoms with van der Waals surface area (Å²) in [6.07, 6.45) is 1.71. The number of halogens is 1. The van der Waals surface area contributed by atoms with Gasteiger partial charge in [0, 0.05) is 6.92 Å². The number of alkyl halides is 1. The molecule has 0 spiro atoms. The molecule has 0 fully saturated rings. The van der Waals surface area contributed by atoms with Gasteiger partial charge in [-0.3, -0.25) is 4.79 Å². The minimum absolute atomic E-state index is 0.106. The molecule has 0 saturated carbocycles. The fourth-order valence-corrected chi connectivity index (χ4v) is 6.45. The van der Waals surface area contributed by atoms with Gasteiger partial charge in [0.15, 0.2) is 0 Å². The Labute approximate surface area is 216 Å². The van der Waals surface area contributed by atoms with Crippen LogP contribution in [0.2, 0.25) is 0 Å². The Bertz CT molecular complexity index is 1430. The van der Waals surface area contributed by atoms with Gasteiger partial charge in [0.1, 0.15) is 0 Å². The SMILES string of the molecule is CCN([I-]CNC(C)=O)C(=O)c1nc2c(ccc3cnc(Nc4cccc(NC(C)=O)c4)nc32)s1. The molecular formula is C23H23IN7O3S-. The van der Waals surface area contributed by atoms with E-state index in [2.05, 4.69) is 30.9 Å². The summed E-state index contributed by atoms with van der Waals surface area (Å²) >= 11 is 0.636. The Morgan fingerprint density at radius 2 is 1.83 bits per heavy atom. The van der Waals surface area contributed by atoms with Gasteiger partial charge in [-0.15, -0.1) is 0 Å². The summed E-state index contributed by atoms with van der Waals surface area (Å²) in [4.78, 5) is 49.3. The fraction of sp³-hybridized carbons (Fsp3) is 0.217. The molecule has 4 rings (SSSR count). The van der Waals surface area contributed by atoms with E-state index in [1.54, 1.807) is 21.4 Å². The van der Waals surface area contributed by atoms with Crippen LogP contribution in [0.25, 0.3) is 21.1 Å². The number of nitrogens with one attached hydrogen (secondary N) is 3. The first-order chi connectivity index (χ1) is 16.8. The molecule has 12 heteroatoms. The van der Waals surface area contributed by atoms with E-state index in [1.165, 1.54) is 25.2 Å². The molecule has 35 heavy (non-hydrogen) atoms. The van der Waals surface area contributed by atoms with Crippen molar-refractivity contribution >= 4 is 67.5 Å². The molecule has 3 N–H and O–H groups in total. The number of amides is 3. The Morgan fingerprint density at radius 3 is 2.57 bits per heavy atom. The van der Waals surface area contributed by atoms with Crippen molar-refractivity contribution in [2.24, 2.45) is 0 Å². The average Bonchev–Trinajstić information content (AvgIpc) is 3.26. The van der Waals surface area contributed by atoms with Crippen molar-refractivity contribution in [2.45, 2.75) is 20.8 Å². The van der Waals surface area contributed by atoms with E-state index < -0.39 is 21.5 Å². The summed E-state index contributed by atoms with van der Waals surface area (Å²) in [6.45, 7) is 5.39. The molecule has 0 aliphatic heterocycles. The van der Waals surface area contributed by atoms with Crippen LogP contribution < -0.4 is 37.4 Å². The molecule has 10 nitrogen and oxygen atoms in total. The first-order valence-electron chi connectivity index (χ1n) is 10.7. The van der Waals surface area contributed by atoms with Crippen LogP contribution in [-0.2, 0) is 9.59 Å². The van der Waals surface area contributed by atoms with E-state index in [1.807, 2.05) is 31.2 Å². The number of carbonyl (C=O) groups is 3. The van der Waals surface area contributed by atoms with Gasteiger partial charge in [0.05, 0.1) is 0 Å². The van der Waals surface area contributed by atoms with Crippen LogP contribution in [0.3, 0.4) is 0 Å². The molecule has 2 aromatic heterocycles. The van der Waals surface area contributed by atoms with Gasteiger partial charge in [-0.25, -0.2) is 0 Å². The molecule has 0 bridgehead atoms. The zero-order valence-electron chi connectivity index (χ0n) is 19.3. The quantitative estimate of drug-likeness (QED) is 0.116. The second-order valence-corrected chi connectivity index (χ2v) is 11.1. The normalized spacial score (nSPS) is 10.9. The molecule has 2 aromatic carbocycles. The van der Waals surface area contributed by atoms with Crippen molar-refractivity contribution in [2.75, 3.05) is 21.7 Å². The van der Waals surface area contributed by atoms with Gasteiger partial charge >= 0.3 is 188 Å². The first-order valence-corrected chi connectivity index (χ1v) is 14.0. The Morgan fingerprint density at radius 1 is 1.03 bits per heavy atom. The van der Waals surface area contributed by atoms with Crippen molar-refractivity contribution in [1.29, 1.82) is 0 Å². The Hall–Kier alpha value is -3.39. The van der Waals surface area contributed by atoms with Crippen LogP contribution >= 0.6 is 11.3 Å². The third kappa shape index (κ3) is 6.00. The van der Waals surface area contributed by atoms with Crippen LogP contribution in [0.15, 0.2) is 42.6 Å². The number of benzene rings is 2. The number of thiazole rings is 1. The molecule has 182 valence electrons. The summed E-state index contributed by atoms with van der Waals surface area (Å²) in [5.41, 5.74) is 2.67. The third-order valence-electron chi connectivity index (χ3n) is 4.75. The fourth-order valence-electron chi connectivity index (χ4n) is 3.22. The van der Waals surface area contributed by atoms with Crippen molar-refractivity contribution in [1.82, 2.24) is 23.4 Å². The topological polar surface area (TPSA) is 129 Å². The first kappa shape index (κ1) is 24.7. The number of hydrogen-bond donors (Lipinski definition) is 3. The zero-order chi connectivity index (χ0) is 24.9. The Kier molecular flexibility index (Phi) is 7.70. The number of carbonyl (C=O) groups excluding carboxylic acids is 3. The van der Waals surface area contributed by atoms with Gasteiger partial charge < -0.3 is 5.32 Å². The van der Waals surface area contributed by atoms with Crippen LogP contribution in [0.5, 0.6) is 0 Å². The van der Waals surface area contributed by atoms with Crippen molar-refractivity contribution < 1.29 is 35.9 Å². The second kappa shape index (κ2) is 10.9. The van der Waals surface area contributed by atoms with Crippen LogP contribution in [0, 0.1) is 0 Å². The number of hydrogen-bond acceptors (Lipinski definition) is 8. The standard InChI is InChI=1S/C23H23IN7O3S/c1-4-31(24-12-26-13(2)32)22(34)21-29-20-18(35-21)9-8-15-11-25-23(30-19(15)20)28-17-7-5-6-16(10-17)27-14(3)33/h5-11H,4,12H2,1-3H3,(H,26,32)(H,27,33)(H,25,28,30)/q-1. The van der Waals surface area contributed by atoms with Crippen molar-refractivity contribution in [3.8, 4) is 0 Å². The average molecular weight is 604 g/mol. The number of rotatable bonds is 8. The maximum atomic E-state index is 13.1. The number of anilines is 3. The monoisotopic (exact) mass is 604 g/mol. The predicted molar refractivity (Wildman–Crippen MR) is 132 cm³/mol. The van der Waals surface area contributed by atoms with E-state index in [4.69, 9.17) is 0 Å². The summed E-state index contributed by atoms with van der Waals surface area (Å²) in [7, 11) is 0. The van der Waals surface area contributed by atoms with E-state index in [-0.39, 0.29) is 17.7 Å². The number of nitrogens with zero attached hydrogens (tertiary/aromatic N) is 4. The molecular weight excluding hydrogens is 581 g/mol. The molecule has 4 aromatic rings. The summed E-state index contributed by atoms with van der Waals surface area (Å²) in [5.74, 6) is -0.0192. The van der Waals surface area contributed by atoms with E-state index in [0.717, 1.165) is 15.8 Å². The van der Waals surface area contributed by atoms with Crippen molar-refractivity contribution in [3.63, 3.8) is 0 Å². The van der Waals surface area contributed by atoms with Crippen LogP contribution in [0.4, 0.5) is 17.3 Å². The molecule has 0 unspecified atom stereocenters. The summed E-state index contributed by atoms with van der Waals surface area (Å²) in [5, 5.41) is 9.87. The molecule has 0 radical (unpaired) electrons. The number of fused-ring (bicyclic) bond motifs is 3. The van der Waals surface area contributed by atoms with Gasteiger partial charge in [-0.1, -0.05) is 0 Å². The van der Waals surface area contributed by atoms with Gasteiger partial charge in [-0.2, -0.15) is 0 Å². The van der Waals surface area contributed by atoms with Crippen molar-refractivity contribution in [3.05, 3.63) is 47.6 Å². The maximum absolute atomic E-state index is 13.1. The molecule has 2 heterocycles. The zero-order valence-corrected chi connectivity index (χ0v) is 22.2. The van der Waals surface area contributed by atoms with Crippen LogP contribution in [-0.4, -0.2) is 46.9 Å². The molecule has 3 amide bonds. The van der Waals surface area contributed by atoms with E-state index in [9.17, 15) is 14.4 Å². The van der Waals surface area contributed by atoms with E-state index in [0.29, 0.717) is 38.8 Å². The van der Waals surface area contributed by atoms with E-state index >= 15 is 0 Å². The minimum atomic E-state index is -0.692. The molecule has 0 atom stereocenters.